The molecule has 0 bridgehead atoms. The van der Waals surface area contributed by atoms with Crippen molar-refractivity contribution >= 4 is 38.6 Å². The van der Waals surface area contributed by atoms with Crippen LogP contribution < -0.4 is 4.90 Å². The highest BCUT2D eigenvalue weighted by atomic mass is 32.1. The highest BCUT2D eigenvalue weighted by Gasteiger charge is 2.32. The summed E-state index contributed by atoms with van der Waals surface area (Å²) in [5.74, 6) is 0.293. The predicted molar refractivity (Wildman–Crippen MR) is 139 cm³/mol. The number of hydrogen-bond acceptors (Lipinski definition) is 7. The molecular weight excluding hydrogens is 462 g/mol. The molecule has 35 heavy (non-hydrogen) atoms. The Morgan fingerprint density at radius 3 is 2.74 bits per heavy atom. The number of piperazine rings is 1. The number of aryl methyl sites for hydroxylation is 1. The maximum Gasteiger partial charge on any atom is 0.410 e. The summed E-state index contributed by atoms with van der Waals surface area (Å²) in [6, 6.07) is 2.30. The number of nitrogens with one attached hydrogen (secondary N) is 1. The summed E-state index contributed by atoms with van der Waals surface area (Å²) in [7, 11) is 0. The number of thiazole rings is 1. The molecule has 5 rings (SSSR count). The Labute approximate surface area is 209 Å². The number of ether oxygens (including phenoxy) is 1. The van der Waals surface area contributed by atoms with E-state index in [1.165, 1.54) is 5.56 Å². The number of nitrogens with zero attached hydrogens (tertiary/aromatic N) is 6. The molecule has 1 saturated heterocycles. The molecule has 0 unspecified atom stereocenters. The number of rotatable bonds is 3. The lowest BCUT2D eigenvalue weighted by molar-refractivity contribution is 0.0219. The Balaban J connectivity index is 1.44. The summed E-state index contributed by atoms with van der Waals surface area (Å²) in [5, 5.41) is 5.32. The van der Waals surface area contributed by atoms with E-state index in [2.05, 4.69) is 53.7 Å². The van der Waals surface area contributed by atoms with Gasteiger partial charge in [-0.25, -0.2) is 19.3 Å². The van der Waals surface area contributed by atoms with E-state index in [1.807, 2.05) is 31.5 Å². The lowest BCUT2D eigenvalue weighted by Gasteiger charge is -2.40. The van der Waals surface area contributed by atoms with Crippen molar-refractivity contribution in [3.05, 3.63) is 29.7 Å². The average Bonchev–Trinajstić information content (AvgIpc) is 3.46. The van der Waals surface area contributed by atoms with Crippen molar-refractivity contribution in [2.75, 3.05) is 24.5 Å². The van der Waals surface area contributed by atoms with E-state index in [9.17, 15) is 4.79 Å². The number of anilines is 1. The zero-order chi connectivity index (χ0) is 25.1. The molecule has 1 fully saturated rings. The number of H-pyrrole nitrogens is 1. The molecule has 0 saturated carbocycles. The molecule has 4 aromatic heterocycles. The van der Waals surface area contributed by atoms with Gasteiger partial charge in [0.2, 0.25) is 0 Å². The molecule has 0 aromatic carbocycles. The smallest absolute Gasteiger partial charge is 0.410 e. The number of hydrogen-bond donors (Lipinski definition) is 1. The van der Waals surface area contributed by atoms with Gasteiger partial charge in [-0.15, -0.1) is 0 Å². The second-order valence-corrected chi connectivity index (χ2v) is 11.6. The van der Waals surface area contributed by atoms with Gasteiger partial charge in [0.25, 0.3) is 0 Å². The summed E-state index contributed by atoms with van der Waals surface area (Å²) in [5.41, 5.74) is 5.85. The van der Waals surface area contributed by atoms with Crippen molar-refractivity contribution in [1.29, 1.82) is 0 Å². The Morgan fingerprint density at radius 1 is 1.29 bits per heavy atom. The first-order valence-corrected chi connectivity index (χ1v) is 12.9. The second kappa shape index (κ2) is 8.51. The third-order valence-corrected chi connectivity index (χ3v) is 7.34. The molecule has 4 aromatic rings. The van der Waals surface area contributed by atoms with Crippen molar-refractivity contribution in [2.24, 2.45) is 0 Å². The van der Waals surface area contributed by atoms with Gasteiger partial charge in [-0.05, 0) is 52.2 Å². The third-order valence-electron chi connectivity index (χ3n) is 6.33. The molecule has 0 aliphatic carbocycles. The van der Waals surface area contributed by atoms with E-state index in [0.717, 1.165) is 44.5 Å². The Morgan fingerprint density at radius 2 is 2.06 bits per heavy atom. The number of pyridine rings is 1. The summed E-state index contributed by atoms with van der Waals surface area (Å²) in [6.07, 6.45) is 3.36. The van der Waals surface area contributed by atoms with Gasteiger partial charge >= 0.3 is 6.09 Å². The van der Waals surface area contributed by atoms with E-state index in [4.69, 9.17) is 9.72 Å². The summed E-state index contributed by atoms with van der Waals surface area (Å²) in [4.78, 5) is 30.8. The van der Waals surface area contributed by atoms with Gasteiger partial charge < -0.3 is 19.5 Å². The number of aromatic amines is 1. The fraction of sp³-hybridized carbons (Fsp3) is 0.520. The Bertz CT molecular complexity index is 1390. The number of fused-ring (bicyclic) bond motifs is 2. The SMILES string of the molecule is Cc1cc(-c2[nH]c3sc(N4CCN(C(=O)OC(C)(C)C)C[C@H]4C)nc3c2C(C)C)cn2ncnc12. The fourth-order valence-electron chi connectivity index (χ4n) is 4.75. The van der Waals surface area contributed by atoms with Gasteiger partial charge in [0.1, 0.15) is 22.3 Å². The molecule has 5 heterocycles. The Kier molecular flexibility index (Phi) is 5.74. The monoisotopic (exact) mass is 495 g/mol. The molecule has 1 aliphatic rings. The standard InChI is InChI=1S/C25H33N7O2S/c1-14(2)18-19(17-10-15(3)21-26-13-27-32(21)12-17)28-22-20(18)29-23(35-22)31-9-8-30(11-16(31)4)24(33)34-25(5,6)7/h10,12-14,16,28H,8-9,11H2,1-7H3/t16-/m1/s1. The van der Waals surface area contributed by atoms with Crippen LogP contribution in [0.1, 0.15) is 58.6 Å². The molecule has 186 valence electrons. The third kappa shape index (κ3) is 4.35. The highest BCUT2D eigenvalue weighted by molar-refractivity contribution is 7.21. The number of aromatic nitrogens is 5. The number of carbonyl (C=O) groups excluding carboxylic acids is 1. The summed E-state index contributed by atoms with van der Waals surface area (Å²) in [6.45, 7) is 16.2. The first kappa shape index (κ1) is 23.6. The van der Waals surface area contributed by atoms with E-state index in [0.29, 0.717) is 19.0 Å². The summed E-state index contributed by atoms with van der Waals surface area (Å²) >= 11 is 1.67. The molecule has 0 spiro atoms. The lowest BCUT2D eigenvalue weighted by Crippen LogP contribution is -2.54. The lowest BCUT2D eigenvalue weighted by atomic mass is 9.99. The van der Waals surface area contributed by atoms with Crippen molar-refractivity contribution in [3.8, 4) is 11.3 Å². The summed E-state index contributed by atoms with van der Waals surface area (Å²) < 4.78 is 7.40. The fourth-order valence-corrected chi connectivity index (χ4v) is 5.87. The van der Waals surface area contributed by atoms with E-state index in [-0.39, 0.29) is 12.1 Å². The molecule has 1 N–H and O–H groups in total. The van der Waals surface area contributed by atoms with E-state index in [1.54, 1.807) is 22.6 Å². The first-order valence-electron chi connectivity index (χ1n) is 12.1. The van der Waals surface area contributed by atoms with Crippen LogP contribution in [0.2, 0.25) is 0 Å². The average molecular weight is 496 g/mol. The van der Waals surface area contributed by atoms with Gasteiger partial charge in [-0.2, -0.15) is 5.10 Å². The van der Waals surface area contributed by atoms with Crippen LogP contribution in [0.4, 0.5) is 9.93 Å². The molecule has 0 radical (unpaired) electrons. The van der Waals surface area contributed by atoms with Crippen molar-refractivity contribution in [1.82, 2.24) is 29.5 Å². The normalized spacial score (nSPS) is 17.2. The van der Waals surface area contributed by atoms with Crippen LogP contribution in [0.25, 0.3) is 27.3 Å². The molecule has 10 heteroatoms. The quantitative estimate of drug-likeness (QED) is 0.419. The predicted octanol–water partition coefficient (Wildman–Crippen LogP) is 5.21. The van der Waals surface area contributed by atoms with Gasteiger partial charge in [-0.3, -0.25) is 0 Å². The van der Waals surface area contributed by atoms with Gasteiger partial charge in [-0.1, -0.05) is 25.2 Å². The first-order chi connectivity index (χ1) is 16.5. The van der Waals surface area contributed by atoms with Gasteiger partial charge in [0, 0.05) is 43.0 Å². The van der Waals surface area contributed by atoms with Crippen LogP contribution in [0.3, 0.4) is 0 Å². The van der Waals surface area contributed by atoms with Gasteiger partial charge in [0.15, 0.2) is 10.8 Å². The van der Waals surface area contributed by atoms with Crippen molar-refractivity contribution < 1.29 is 9.53 Å². The Hall–Kier alpha value is -3.14. The maximum absolute atomic E-state index is 12.5. The highest BCUT2D eigenvalue weighted by Crippen LogP contribution is 2.40. The van der Waals surface area contributed by atoms with Crippen LogP contribution in [-0.4, -0.2) is 66.8 Å². The minimum atomic E-state index is -0.493. The molecule has 9 nitrogen and oxygen atoms in total. The molecule has 1 aliphatic heterocycles. The van der Waals surface area contributed by atoms with E-state index >= 15 is 0 Å². The molecule has 1 atom stereocenters. The van der Waals surface area contributed by atoms with Crippen LogP contribution >= 0.6 is 11.3 Å². The maximum atomic E-state index is 12.5. The number of carbonyl (C=O) groups is 1. The minimum absolute atomic E-state index is 0.144. The number of amides is 1. The molecule has 1 amide bonds. The minimum Gasteiger partial charge on any atom is -0.444 e. The van der Waals surface area contributed by atoms with Gasteiger partial charge in [0.05, 0.1) is 5.69 Å². The topological polar surface area (TPSA) is 91.7 Å². The van der Waals surface area contributed by atoms with Crippen molar-refractivity contribution in [3.63, 3.8) is 0 Å². The van der Waals surface area contributed by atoms with Crippen LogP contribution in [-0.2, 0) is 4.74 Å². The van der Waals surface area contributed by atoms with E-state index < -0.39 is 5.60 Å². The van der Waals surface area contributed by atoms with Crippen LogP contribution in [0.5, 0.6) is 0 Å². The largest absolute Gasteiger partial charge is 0.444 e. The molecular formula is C25H33N7O2S. The zero-order valence-electron chi connectivity index (χ0n) is 21.4. The van der Waals surface area contributed by atoms with Crippen LogP contribution in [0, 0.1) is 6.92 Å². The second-order valence-electron chi connectivity index (χ2n) is 10.7. The van der Waals surface area contributed by atoms with Crippen molar-refractivity contribution in [2.45, 2.75) is 66.0 Å². The zero-order valence-corrected chi connectivity index (χ0v) is 22.2. The van der Waals surface area contributed by atoms with Crippen LogP contribution in [0.15, 0.2) is 18.6 Å².